The molecule has 3 aromatic rings. The summed E-state index contributed by atoms with van der Waals surface area (Å²) in [4.78, 5) is 0. The van der Waals surface area contributed by atoms with Gasteiger partial charge in [0.2, 0.25) is 4.77 Å². The van der Waals surface area contributed by atoms with Crippen molar-refractivity contribution in [3.63, 3.8) is 0 Å². The maximum Gasteiger partial charge on any atom is 0.214 e. The highest BCUT2D eigenvalue weighted by Crippen LogP contribution is 2.37. The van der Waals surface area contributed by atoms with Gasteiger partial charge in [-0.25, -0.2) is 9.07 Å². The zero-order chi connectivity index (χ0) is 18.5. The molecular weight excluding hydrogens is 423 g/mol. The number of ether oxygens (including phenoxy) is 2. The van der Waals surface area contributed by atoms with E-state index >= 15 is 0 Å². The molecule has 0 fully saturated rings. The molecule has 9 heteroatoms. The Morgan fingerprint density at radius 1 is 1.27 bits per heavy atom. The minimum atomic E-state index is -0.276. The van der Waals surface area contributed by atoms with Gasteiger partial charge in [0.1, 0.15) is 18.8 Å². The molecule has 0 radical (unpaired) electrons. The summed E-state index contributed by atoms with van der Waals surface area (Å²) in [7, 11) is 1.58. The number of methoxy groups -OCH3 is 1. The SMILES string of the molecule is COc1cc(CNn2cn[nH]c2=S)cc(Br)c1OCc1ccc(F)cc1. The van der Waals surface area contributed by atoms with E-state index < -0.39 is 0 Å². The number of H-pyrrole nitrogens is 1. The number of aromatic nitrogens is 3. The van der Waals surface area contributed by atoms with Crippen molar-refractivity contribution >= 4 is 28.1 Å². The molecule has 0 spiro atoms. The normalized spacial score (nSPS) is 10.6. The molecule has 1 heterocycles. The second kappa shape index (κ2) is 8.33. The molecule has 2 aromatic carbocycles. The highest BCUT2D eigenvalue weighted by atomic mass is 79.9. The van der Waals surface area contributed by atoms with Crippen LogP contribution in [0.15, 0.2) is 47.2 Å². The van der Waals surface area contributed by atoms with Gasteiger partial charge in [-0.2, -0.15) is 5.10 Å². The first-order valence-electron chi connectivity index (χ1n) is 7.66. The van der Waals surface area contributed by atoms with Crippen LogP contribution in [0.3, 0.4) is 0 Å². The number of halogens is 2. The van der Waals surface area contributed by atoms with Gasteiger partial charge in [0.15, 0.2) is 11.5 Å². The standard InChI is InChI=1S/C17H16BrFN4O2S/c1-24-15-7-12(8-21-23-10-20-22-17(23)26)6-14(18)16(15)25-9-11-2-4-13(19)5-3-11/h2-7,10,21H,8-9H2,1H3,(H,22,26). The lowest BCUT2D eigenvalue weighted by molar-refractivity contribution is 0.282. The molecular formula is C17H16BrFN4O2S. The monoisotopic (exact) mass is 438 g/mol. The van der Waals surface area contributed by atoms with Crippen LogP contribution in [-0.2, 0) is 13.2 Å². The van der Waals surface area contributed by atoms with E-state index in [1.165, 1.54) is 12.1 Å². The fraction of sp³-hybridized carbons (Fsp3) is 0.176. The lowest BCUT2D eigenvalue weighted by Gasteiger charge is -2.15. The van der Waals surface area contributed by atoms with Crippen molar-refractivity contribution in [3.8, 4) is 11.5 Å². The van der Waals surface area contributed by atoms with E-state index in [1.54, 1.807) is 30.2 Å². The van der Waals surface area contributed by atoms with Crippen molar-refractivity contribution in [3.05, 3.63) is 68.9 Å². The van der Waals surface area contributed by atoms with Crippen molar-refractivity contribution in [2.45, 2.75) is 13.2 Å². The second-order valence-electron chi connectivity index (χ2n) is 5.39. The molecule has 0 atom stereocenters. The molecule has 0 aliphatic heterocycles. The van der Waals surface area contributed by atoms with E-state index in [4.69, 9.17) is 21.7 Å². The second-order valence-corrected chi connectivity index (χ2v) is 6.63. The quantitative estimate of drug-likeness (QED) is 0.541. The van der Waals surface area contributed by atoms with Crippen LogP contribution in [0.5, 0.6) is 11.5 Å². The van der Waals surface area contributed by atoms with Crippen LogP contribution >= 0.6 is 28.1 Å². The van der Waals surface area contributed by atoms with Crippen molar-refractivity contribution in [1.29, 1.82) is 0 Å². The highest BCUT2D eigenvalue weighted by molar-refractivity contribution is 9.10. The minimum absolute atomic E-state index is 0.276. The Labute approximate surface area is 163 Å². The number of aromatic amines is 1. The molecule has 26 heavy (non-hydrogen) atoms. The Bertz CT molecular complexity index is 943. The first-order chi connectivity index (χ1) is 12.6. The zero-order valence-corrected chi connectivity index (χ0v) is 16.2. The van der Waals surface area contributed by atoms with Gasteiger partial charge in [0.05, 0.1) is 18.1 Å². The largest absolute Gasteiger partial charge is 0.493 e. The lowest BCUT2D eigenvalue weighted by Crippen LogP contribution is -2.13. The summed E-state index contributed by atoms with van der Waals surface area (Å²) >= 11 is 8.61. The zero-order valence-electron chi connectivity index (χ0n) is 13.8. The topological polar surface area (TPSA) is 64.1 Å². The van der Waals surface area contributed by atoms with Crippen LogP contribution in [-0.4, -0.2) is 22.0 Å². The number of benzene rings is 2. The number of nitrogens with one attached hydrogen (secondary N) is 2. The molecule has 0 unspecified atom stereocenters. The van der Waals surface area contributed by atoms with Crippen molar-refractivity contribution in [1.82, 2.24) is 14.9 Å². The summed E-state index contributed by atoms with van der Waals surface area (Å²) in [6, 6.07) is 9.98. The smallest absolute Gasteiger partial charge is 0.214 e. The third-order valence-corrected chi connectivity index (χ3v) is 4.47. The number of hydrogen-bond acceptors (Lipinski definition) is 5. The lowest BCUT2D eigenvalue weighted by atomic mass is 10.2. The van der Waals surface area contributed by atoms with Gasteiger partial charge < -0.3 is 14.9 Å². The van der Waals surface area contributed by atoms with Crippen LogP contribution in [0.4, 0.5) is 4.39 Å². The van der Waals surface area contributed by atoms with Gasteiger partial charge in [-0.3, -0.25) is 5.10 Å². The van der Waals surface area contributed by atoms with E-state index in [2.05, 4.69) is 31.6 Å². The minimum Gasteiger partial charge on any atom is -0.493 e. The van der Waals surface area contributed by atoms with E-state index in [1.807, 2.05) is 12.1 Å². The Hall–Kier alpha value is -2.39. The van der Waals surface area contributed by atoms with Crippen LogP contribution in [0.1, 0.15) is 11.1 Å². The van der Waals surface area contributed by atoms with Crippen molar-refractivity contribution in [2.24, 2.45) is 0 Å². The van der Waals surface area contributed by atoms with Crippen LogP contribution in [0.2, 0.25) is 0 Å². The van der Waals surface area contributed by atoms with Gasteiger partial charge >= 0.3 is 0 Å². The molecule has 3 rings (SSSR count). The molecule has 0 saturated carbocycles. The maximum atomic E-state index is 13.0. The van der Waals surface area contributed by atoms with Gasteiger partial charge in [0, 0.05) is 0 Å². The summed E-state index contributed by atoms with van der Waals surface area (Å²) in [5, 5.41) is 6.52. The van der Waals surface area contributed by atoms with Crippen LogP contribution in [0, 0.1) is 10.6 Å². The average molecular weight is 439 g/mol. The maximum absolute atomic E-state index is 13.0. The molecule has 2 N–H and O–H groups in total. The molecule has 0 aliphatic carbocycles. The average Bonchev–Trinajstić information content (AvgIpc) is 3.05. The number of rotatable bonds is 7. The van der Waals surface area contributed by atoms with Gasteiger partial charge in [-0.1, -0.05) is 12.1 Å². The van der Waals surface area contributed by atoms with Crippen molar-refractivity contribution in [2.75, 3.05) is 12.5 Å². The van der Waals surface area contributed by atoms with Crippen molar-refractivity contribution < 1.29 is 13.9 Å². The van der Waals surface area contributed by atoms with E-state index in [-0.39, 0.29) is 5.82 Å². The van der Waals surface area contributed by atoms with Crippen LogP contribution < -0.4 is 14.9 Å². The molecule has 0 saturated heterocycles. The third kappa shape index (κ3) is 4.41. The predicted molar refractivity (Wildman–Crippen MR) is 102 cm³/mol. The van der Waals surface area contributed by atoms with E-state index in [9.17, 15) is 4.39 Å². The van der Waals surface area contributed by atoms with Gasteiger partial charge in [0.25, 0.3) is 0 Å². The molecule has 0 aliphatic rings. The fourth-order valence-corrected chi connectivity index (χ4v) is 3.06. The molecule has 136 valence electrons. The molecule has 6 nitrogen and oxygen atoms in total. The Balaban J connectivity index is 1.73. The summed E-state index contributed by atoms with van der Waals surface area (Å²) < 4.78 is 27.1. The number of hydrogen-bond donors (Lipinski definition) is 2. The summed E-state index contributed by atoms with van der Waals surface area (Å²) in [6.07, 6.45) is 1.56. The Morgan fingerprint density at radius 2 is 2.04 bits per heavy atom. The summed E-state index contributed by atoms with van der Waals surface area (Å²) in [5.41, 5.74) is 4.96. The predicted octanol–water partition coefficient (Wildman–Crippen LogP) is 4.17. The summed E-state index contributed by atoms with van der Waals surface area (Å²) in [5.74, 6) is 0.900. The Morgan fingerprint density at radius 3 is 2.69 bits per heavy atom. The molecule has 0 amide bonds. The molecule has 1 aromatic heterocycles. The third-order valence-electron chi connectivity index (χ3n) is 3.59. The molecule has 0 bridgehead atoms. The van der Waals surface area contributed by atoms with Gasteiger partial charge in [-0.15, -0.1) is 0 Å². The Kier molecular flexibility index (Phi) is 5.89. The van der Waals surface area contributed by atoms with Crippen LogP contribution in [0.25, 0.3) is 0 Å². The first-order valence-corrected chi connectivity index (χ1v) is 8.86. The number of nitrogens with zero attached hydrogens (tertiary/aromatic N) is 2. The van der Waals surface area contributed by atoms with E-state index in [0.29, 0.717) is 29.4 Å². The van der Waals surface area contributed by atoms with E-state index in [0.717, 1.165) is 15.6 Å². The first kappa shape index (κ1) is 18.4. The van der Waals surface area contributed by atoms with Gasteiger partial charge in [-0.05, 0) is 63.5 Å². The fourth-order valence-electron chi connectivity index (χ4n) is 2.29. The summed E-state index contributed by atoms with van der Waals surface area (Å²) in [6.45, 7) is 0.818. The highest BCUT2D eigenvalue weighted by Gasteiger charge is 2.12.